The molecule has 0 saturated heterocycles. The molecule has 0 heterocycles. The van der Waals surface area contributed by atoms with Gasteiger partial charge < -0.3 is 14.2 Å². The van der Waals surface area contributed by atoms with Crippen molar-refractivity contribution < 1.29 is 14.2 Å². The summed E-state index contributed by atoms with van der Waals surface area (Å²) in [4.78, 5) is 0. The number of benzene rings is 4. The highest BCUT2D eigenvalue weighted by Crippen LogP contribution is 2.33. The first-order valence-electron chi connectivity index (χ1n) is 9.70. The highest BCUT2D eigenvalue weighted by Gasteiger charge is 2.11. The second-order valence-electron chi connectivity index (χ2n) is 6.82. The Morgan fingerprint density at radius 2 is 1.38 bits per heavy atom. The summed E-state index contributed by atoms with van der Waals surface area (Å²) in [5, 5.41) is 2.38. The zero-order valence-corrected chi connectivity index (χ0v) is 16.7. The number of fused-ring (bicyclic) bond motifs is 1. The fourth-order valence-corrected chi connectivity index (χ4v) is 3.60. The molecule has 0 radical (unpaired) electrons. The van der Waals surface area contributed by atoms with Gasteiger partial charge in [0, 0.05) is 6.42 Å². The highest BCUT2D eigenvalue weighted by atomic mass is 16.5. The molecule has 0 aliphatic rings. The van der Waals surface area contributed by atoms with Gasteiger partial charge in [0.05, 0.1) is 20.8 Å². The molecular formula is C26H24O3. The first-order valence-corrected chi connectivity index (χ1v) is 9.70. The molecule has 0 fully saturated rings. The molecule has 0 bridgehead atoms. The van der Waals surface area contributed by atoms with E-state index in [2.05, 4.69) is 36.4 Å². The van der Waals surface area contributed by atoms with E-state index in [0.29, 0.717) is 6.61 Å². The molecule has 3 nitrogen and oxygen atoms in total. The molecule has 4 aromatic rings. The third kappa shape index (κ3) is 4.19. The molecule has 0 saturated carbocycles. The Hall–Kier alpha value is -3.46. The number of methoxy groups -OCH3 is 2. The van der Waals surface area contributed by atoms with E-state index in [1.807, 2.05) is 48.5 Å². The molecular weight excluding hydrogens is 360 g/mol. The van der Waals surface area contributed by atoms with E-state index in [-0.39, 0.29) is 0 Å². The van der Waals surface area contributed by atoms with Crippen molar-refractivity contribution in [2.75, 3.05) is 20.8 Å². The maximum absolute atomic E-state index is 5.99. The van der Waals surface area contributed by atoms with E-state index >= 15 is 0 Å². The minimum Gasteiger partial charge on any atom is -0.497 e. The predicted octanol–water partition coefficient (Wildman–Crippen LogP) is 6.15. The van der Waals surface area contributed by atoms with Crippen molar-refractivity contribution in [3.8, 4) is 28.4 Å². The molecule has 146 valence electrons. The monoisotopic (exact) mass is 384 g/mol. The fourth-order valence-electron chi connectivity index (χ4n) is 3.60. The zero-order valence-electron chi connectivity index (χ0n) is 16.7. The average Bonchev–Trinajstić information content (AvgIpc) is 2.79. The zero-order chi connectivity index (χ0) is 20.1. The van der Waals surface area contributed by atoms with Gasteiger partial charge in [-0.15, -0.1) is 0 Å². The largest absolute Gasteiger partial charge is 0.497 e. The van der Waals surface area contributed by atoms with Crippen LogP contribution in [0.1, 0.15) is 5.56 Å². The van der Waals surface area contributed by atoms with Crippen LogP contribution in [0.15, 0.2) is 84.9 Å². The lowest BCUT2D eigenvalue weighted by atomic mass is 9.92. The molecule has 29 heavy (non-hydrogen) atoms. The van der Waals surface area contributed by atoms with Crippen LogP contribution in [-0.2, 0) is 6.42 Å². The number of hydrogen-bond acceptors (Lipinski definition) is 3. The van der Waals surface area contributed by atoms with Gasteiger partial charge in [-0.2, -0.15) is 0 Å². The first-order chi connectivity index (χ1) is 14.3. The van der Waals surface area contributed by atoms with E-state index < -0.39 is 0 Å². The second-order valence-corrected chi connectivity index (χ2v) is 6.82. The normalized spacial score (nSPS) is 10.7. The van der Waals surface area contributed by atoms with Crippen molar-refractivity contribution >= 4 is 10.8 Å². The van der Waals surface area contributed by atoms with Gasteiger partial charge in [0.1, 0.15) is 17.2 Å². The fraction of sp³-hybridized carbons (Fsp3) is 0.154. The Bertz CT molecular complexity index is 1090. The lowest BCUT2D eigenvalue weighted by Gasteiger charge is -2.15. The quantitative estimate of drug-likeness (QED) is 0.383. The Kier molecular flexibility index (Phi) is 5.66. The molecule has 0 atom stereocenters. The third-order valence-electron chi connectivity index (χ3n) is 5.10. The lowest BCUT2D eigenvalue weighted by molar-refractivity contribution is 0.322. The molecule has 0 amide bonds. The molecule has 3 heteroatoms. The van der Waals surface area contributed by atoms with Crippen LogP contribution in [0.4, 0.5) is 0 Å². The summed E-state index contributed by atoms with van der Waals surface area (Å²) in [6.07, 6.45) is 0.805. The van der Waals surface area contributed by atoms with E-state index in [0.717, 1.165) is 29.1 Å². The smallest absolute Gasteiger partial charge is 0.119 e. The predicted molar refractivity (Wildman–Crippen MR) is 118 cm³/mol. The van der Waals surface area contributed by atoms with Crippen molar-refractivity contribution in [2.45, 2.75) is 6.42 Å². The Labute approximate surface area is 171 Å². The lowest BCUT2D eigenvalue weighted by Crippen LogP contribution is -2.03. The van der Waals surface area contributed by atoms with Crippen molar-refractivity contribution in [3.63, 3.8) is 0 Å². The van der Waals surface area contributed by atoms with Crippen LogP contribution in [0.2, 0.25) is 0 Å². The van der Waals surface area contributed by atoms with E-state index in [4.69, 9.17) is 14.2 Å². The van der Waals surface area contributed by atoms with Crippen LogP contribution in [0, 0.1) is 0 Å². The molecule has 4 aromatic carbocycles. The molecule has 0 spiro atoms. The molecule has 0 unspecified atom stereocenters. The van der Waals surface area contributed by atoms with Gasteiger partial charge in [0.15, 0.2) is 0 Å². The van der Waals surface area contributed by atoms with Crippen LogP contribution in [0.3, 0.4) is 0 Å². The van der Waals surface area contributed by atoms with Gasteiger partial charge in [-0.1, -0.05) is 48.5 Å². The Balaban J connectivity index is 1.71. The van der Waals surface area contributed by atoms with E-state index in [1.165, 1.54) is 22.1 Å². The Morgan fingerprint density at radius 1 is 0.655 bits per heavy atom. The Morgan fingerprint density at radius 3 is 2.10 bits per heavy atom. The SMILES string of the molecule is COc1ccc(-c2ccc3cc(OC)ccc3c2CCOc2ccccc2)cc1. The summed E-state index contributed by atoms with van der Waals surface area (Å²) in [5.74, 6) is 2.61. The molecule has 4 rings (SSSR count). The summed E-state index contributed by atoms with van der Waals surface area (Å²) in [5.41, 5.74) is 3.64. The van der Waals surface area contributed by atoms with Gasteiger partial charge in [-0.3, -0.25) is 0 Å². The summed E-state index contributed by atoms with van der Waals surface area (Å²) in [6, 6.07) is 28.7. The van der Waals surface area contributed by atoms with E-state index in [9.17, 15) is 0 Å². The van der Waals surface area contributed by atoms with Crippen LogP contribution in [0.5, 0.6) is 17.2 Å². The molecule has 0 aliphatic heterocycles. The van der Waals surface area contributed by atoms with Gasteiger partial charge in [0.2, 0.25) is 0 Å². The van der Waals surface area contributed by atoms with Gasteiger partial charge in [-0.25, -0.2) is 0 Å². The number of ether oxygens (including phenoxy) is 3. The standard InChI is InChI=1S/C26H24O3/c1-27-21-11-8-19(9-12-21)24-14-10-20-18-23(28-2)13-15-25(20)26(24)16-17-29-22-6-4-3-5-7-22/h3-15,18H,16-17H2,1-2H3. The third-order valence-corrected chi connectivity index (χ3v) is 5.10. The van der Waals surface area contributed by atoms with Crippen LogP contribution in [0.25, 0.3) is 21.9 Å². The summed E-state index contributed by atoms with van der Waals surface area (Å²) >= 11 is 0. The van der Waals surface area contributed by atoms with Crippen molar-refractivity contribution in [2.24, 2.45) is 0 Å². The highest BCUT2D eigenvalue weighted by molar-refractivity contribution is 5.92. The average molecular weight is 384 g/mol. The van der Waals surface area contributed by atoms with Crippen LogP contribution >= 0.6 is 0 Å². The summed E-state index contributed by atoms with van der Waals surface area (Å²) in [7, 11) is 3.38. The maximum atomic E-state index is 5.99. The molecule has 0 N–H and O–H groups in total. The van der Waals surface area contributed by atoms with Gasteiger partial charge >= 0.3 is 0 Å². The number of hydrogen-bond donors (Lipinski definition) is 0. The minimum absolute atomic E-state index is 0.609. The van der Waals surface area contributed by atoms with Crippen LogP contribution in [-0.4, -0.2) is 20.8 Å². The van der Waals surface area contributed by atoms with Gasteiger partial charge in [-0.05, 0) is 63.9 Å². The van der Waals surface area contributed by atoms with Crippen molar-refractivity contribution in [1.29, 1.82) is 0 Å². The summed E-state index contributed by atoms with van der Waals surface area (Å²) < 4.78 is 16.7. The minimum atomic E-state index is 0.609. The second kappa shape index (κ2) is 8.70. The number of rotatable bonds is 7. The van der Waals surface area contributed by atoms with E-state index in [1.54, 1.807) is 14.2 Å². The topological polar surface area (TPSA) is 27.7 Å². The van der Waals surface area contributed by atoms with Crippen LogP contribution < -0.4 is 14.2 Å². The molecule has 0 aliphatic carbocycles. The van der Waals surface area contributed by atoms with Gasteiger partial charge in [0.25, 0.3) is 0 Å². The van der Waals surface area contributed by atoms with Crippen molar-refractivity contribution in [1.82, 2.24) is 0 Å². The van der Waals surface area contributed by atoms with Crippen molar-refractivity contribution in [3.05, 3.63) is 90.5 Å². The summed E-state index contributed by atoms with van der Waals surface area (Å²) in [6.45, 7) is 0.609. The number of para-hydroxylation sites is 1. The first kappa shape index (κ1) is 18.9. The molecule has 0 aromatic heterocycles. The maximum Gasteiger partial charge on any atom is 0.119 e.